The topological polar surface area (TPSA) is 72.4 Å². The van der Waals surface area contributed by atoms with Crippen molar-refractivity contribution >= 4 is 33.2 Å². The van der Waals surface area contributed by atoms with Crippen molar-refractivity contribution in [3.63, 3.8) is 0 Å². The summed E-state index contributed by atoms with van der Waals surface area (Å²) in [5.41, 5.74) is 0. The van der Waals surface area contributed by atoms with Crippen molar-refractivity contribution in [1.29, 1.82) is 0 Å². The molecule has 1 aliphatic heterocycles. The molecular formula is C15H15Cl2N3O3S. The molecule has 0 amide bonds. The van der Waals surface area contributed by atoms with Crippen molar-refractivity contribution in [3.05, 3.63) is 46.7 Å². The highest BCUT2D eigenvalue weighted by atomic mass is 35.5. The fraction of sp³-hybridized carbons (Fsp3) is 0.333. The molecule has 0 saturated carbocycles. The van der Waals surface area contributed by atoms with Gasteiger partial charge in [-0.2, -0.15) is 4.31 Å². The molecule has 0 bridgehead atoms. The van der Waals surface area contributed by atoms with Gasteiger partial charge in [0.15, 0.2) is 0 Å². The molecule has 0 N–H and O–H groups in total. The molecule has 3 rings (SSSR count). The van der Waals surface area contributed by atoms with E-state index in [0.717, 1.165) is 6.42 Å². The average Bonchev–Trinajstić information content (AvgIpc) is 2.58. The minimum absolute atomic E-state index is 0.00766. The molecule has 0 spiro atoms. The van der Waals surface area contributed by atoms with Gasteiger partial charge in [-0.1, -0.05) is 23.2 Å². The predicted octanol–water partition coefficient (Wildman–Crippen LogP) is 3.02. The Bertz CT molecular complexity index is 818. The Balaban J connectivity index is 1.79. The summed E-state index contributed by atoms with van der Waals surface area (Å²) < 4.78 is 32.8. The Labute approximate surface area is 150 Å². The normalized spacial score (nSPS) is 19.2. The lowest BCUT2D eigenvalue weighted by atomic mass is 10.1. The number of piperidine rings is 1. The van der Waals surface area contributed by atoms with Crippen LogP contribution in [0.1, 0.15) is 12.8 Å². The van der Waals surface area contributed by atoms with Gasteiger partial charge in [0.05, 0.1) is 11.6 Å². The summed E-state index contributed by atoms with van der Waals surface area (Å²) in [5.74, 6) is 0. The second-order valence-corrected chi connectivity index (χ2v) is 8.10. The lowest BCUT2D eigenvalue weighted by Gasteiger charge is -2.31. The first-order valence-electron chi connectivity index (χ1n) is 7.36. The summed E-state index contributed by atoms with van der Waals surface area (Å²) in [4.78, 5) is 8.02. The van der Waals surface area contributed by atoms with Crippen LogP contribution >= 0.6 is 23.2 Å². The summed E-state index contributed by atoms with van der Waals surface area (Å²) in [6.07, 6.45) is 4.24. The van der Waals surface area contributed by atoms with Gasteiger partial charge >= 0.3 is 6.01 Å². The van der Waals surface area contributed by atoms with Gasteiger partial charge in [0.2, 0.25) is 10.0 Å². The summed E-state index contributed by atoms with van der Waals surface area (Å²) in [5, 5.41) is 0.467. The van der Waals surface area contributed by atoms with Crippen molar-refractivity contribution in [2.45, 2.75) is 23.8 Å². The van der Waals surface area contributed by atoms with Crippen LogP contribution < -0.4 is 4.74 Å². The van der Waals surface area contributed by atoms with Gasteiger partial charge in [-0.3, -0.25) is 0 Å². The van der Waals surface area contributed by atoms with E-state index >= 15 is 0 Å². The molecule has 0 unspecified atom stereocenters. The largest absolute Gasteiger partial charge is 0.459 e. The summed E-state index contributed by atoms with van der Waals surface area (Å²) >= 11 is 12.0. The zero-order chi connectivity index (χ0) is 17.2. The summed E-state index contributed by atoms with van der Waals surface area (Å²) in [7, 11) is -3.74. The maximum Gasteiger partial charge on any atom is 0.316 e. The van der Waals surface area contributed by atoms with Crippen LogP contribution in [0.5, 0.6) is 6.01 Å². The Morgan fingerprint density at radius 2 is 1.96 bits per heavy atom. The lowest BCUT2D eigenvalue weighted by molar-refractivity contribution is 0.119. The second-order valence-electron chi connectivity index (χ2n) is 5.35. The lowest BCUT2D eigenvalue weighted by Crippen LogP contribution is -2.44. The molecule has 1 aromatic heterocycles. The maximum absolute atomic E-state index is 12.9. The zero-order valence-corrected chi connectivity index (χ0v) is 14.9. The van der Waals surface area contributed by atoms with Crippen LogP contribution in [0, 0.1) is 0 Å². The van der Waals surface area contributed by atoms with Crippen LogP contribution in [0.25, 0.3) is 0 Å². The van der Waals surface area contributed by atoms with E-state index in [-0.39, 0.29) is 28.6 Å². The molecule has 2 heterocycles. The Morgan fingerprint density at radius 3 is 2.71 bits per heavy atom. The molecule has 2 aromatic rings. The van der Waals surface area contributed by atoms with E-state index in [9.17, 15) is 8.42 Å². The SMILES string of the molecule is O=S(=O)(c1cc(Cl)ccc1Cl)N1CCC[C@@H](Oc2ncccn2)C1. The van der Waals surface area contributed by atoms with Crippen LogP contribution in [0.15, 0.2) is 41.6 Å². The third-order valence-corrected chi connectivity index (χ3v) is 6.25. The minimum Gasteiger partial charge on any atom is -0.459 e. The summed E-state index contributed by atoms with van der Waals surface area (Å²) in [6, 6.07) is 6.32. The van der Waals surface area contributed by atoms with Gasteiger partial charge in [-0.05, 0) is 37.1 Å². The number of hydrogen-bond donors (Lipinski definition) is 0. The van der Waals surface area contributed by atoms with Gasteiger partial charge in [0.1, 0.15) is 11.0 Å². The highest BCUT2D eigenvalue weighted by molar-refractivity contribution is 7.89. The molecule has 1 aromatic carbocycles. The van der Waals surface area contributed by atoms with E-state index in [4.69, 9.17) is 27.9 Å². The average molecular weight is 388 g/mol. The van der Waals surface area contributed by atoms with E-state index < -0.39 is 10.0 Å². The van der Waals surface area contributed by atoms with Gasteiger partial charge in [-0.15, -0.1) is 0 Å². The number of sulfonamides is 1. The van der Waals surface area contributed by atoms with E-state index in [2.05, 4.69) is 9.97 Å². The second kappa shape index (κ2) is 7.23. The van der Waals surface area contributed by atoms with Crippen LogP contribution in [0.4, 0.5) is 0 Å². The standard InChI is InChI=1S/C15H15Cl2N3O3S/c16-11-4-5-13(17)14(9-11)24(21,22)20-8-1-3-12(10-20)23-15-18-6-2-7-19-15/h2,4-7,9,12H,1,3,8,10H2/t12-/m1/s1. The van der Waals surface area contributed by atoms with E-state index in [1.807, 2.05) is 0 Å². The highest BCUT2D eigenvalue weighted by Crippen LogP contribution is 2.29. The summed E-state index contributed by atoms with van der Waals surface area (Å²) in [6.45, 7) is 0.615. The zero-order valence-electron chi connectivity index (χ0n) is 12.6. The van der Waals surface area contributed by atoms with Crippen molar-refractivity contribution in [2.24, 2.45) is 0 Å². The van der Waals surface area contributed by atoms with Crippen molar-refractivity contribution in [2.75, 3.05) is 13.1 Å². The first-order valence-corrected chi connectivity index (χ1v) is 9.55. The van der Waals surface area contributed by atoms with E-state index in [0.29, 0.717) is 18.0 Å². The molecule has 1 saturated heterocycles. The third-order valence-electron chi connectivity index (χ3n) is 3.67. The predicted molar refractivity (Wildman–Crippen MR) is 90.9 cm³/mol. The molecule has 9 heteroatoms. The monoisotopic (exact) mass is 387 g/mol. The number of halogens is 2. The Kier molecular flexibility index (Phi) is 5.24. The van der Waals surface area contributed by atoms with Crippen LogP contribution in [-0.4, -0.2) is 41.9 Å². The number of benzene rings is 1. The van der Waals surface area contributed by atoms with Crippen LogP contribution in [0.2, 0.25) is 10.0 Å². The van der Waals surface area contributed by atoms with Crippen molar-refractivity contribution in [1.82, 2.24) is 14.3 Å². The number of aromatic nitrogens is 2. The van der Waals surface area contributed by atoms with Gasteiger partial charge in [0, 0.05) is 24.0 Å². The molecule has 1 atom stereocenters. The molecular weight excluding hydrogens is 373 g/mol. The number of rotatable bonds is 4. The number of nitrogens with zero attached hydrogens (tertiary/aromatic N) is 3. The smallest absolute Gasteiger partial charge is 0.316 e. The van der Waals surface area contributed by atoms with Crippen molar-refractivity contribution in [3.8, 4) is 6.01 Å². The molecule has 24 heavy (non-hydrogen) atoms. The fourth-order valence-corrected chi connectivity index (χ4v) is 4.78. The fourth-order valence-electron chi connectivity index (χ4n) is 2.53. The molecule has 6 nitrogen and oxygen atoms in total. The third kappa shape index (κ3) is 3.80. The molecule has 1 fully saturated rings. The van der Waals surface area contributed by atoms with Crippen molar-refractivity contribution < 1.29 is 13.2 Å². The molecule has 0 aliphatic carbocycles. The van der Waals surface area contributed by atoms with Crippen LogP contribution in [-0.2, 0) is 10.0 Å². The van der Waals surface area contributed by atoms with Gasteiger partial charge in [0.25, 0.3) is 0 Å². The first kappa shape index (κ1) is 17.4. The van der Waals surface area contributed by atoms with E-state index in [1.165, 1.54) is 16.4 Å². The Morgan fingerprint density at radius 1 is 1.21 bits per heavy atom. The number of ether oxygens (including phenoxy) is 1. The number of hydrogen-bond acceptors (Lipinski definition) is 5. The quantitative estimate of drug-likeness (QED) is 0.805. The maximum atomic E-state index is 12.9. The van der Waals surface area contributed by atoms with Crippen LogP contribution in [0.3, 0.4) is 0 Å². The highest BCUT2D eigenvalue weighted by Gasteiger charge is 2.33. The van der Waals surface area contributed by atoms with E-state index in [1.54, 1.807) is 24.5 Å². The minimum atomic E-state index is -3.74. The molecule has 128 valence electrons. The molecule has 1 aliphatic rings. The first-order chi connectivity index (χ1) is 11.5. The molecule has 0 radical (unpaired) electrons. The van der Waals surface area contributed by atoms with Gasteiger partial charge < -0.3 is 4.74 Å². The Hall–Kier alpha value is -1.41. The van der Waals surface area contributed by atoms with Gasteiger partial charge in [-0.25, -0.2) is 18.4 Å².